The van der Waals surface area contributed by atoms with E-state index in [4.69, 9.17) is 10.2 Å². The van der Waals surface area contributed by atoms with Gasteiger partial charge in [-0.2, -0.15) is 0 Å². The summed E-state index contributed by atoms with van der Waals surface area (Å²) in [4.78, 5) is 13.5. The topological polar surface area (TPSA) is 55.6 Å². The highest BCUT2D eigenvalue weighted by Gasteiger charge is 2.41. The zero-order valence-corrected chi connectivity index (χ0v) is 12.7. The first-order valence-corrected chi connectivity index (χ1v) is 9.24. The Hall–Kier alpha value is -0.393. The maximum atomic E-state index is 11.7. The van der Waals surface area contributed by atoms with Crippen molar-refractivity contribution in [1.29, 1.82) is 0 Å². The van der Waals surface area contributed by atoms with Gasteiger partial charge < -0.3 is 15.1 Å². The molecule has 0 spiro atoms. The highest BCUT2D eigenvalue weighted by atomic mass is 28.4. The van der Waals surface area contributed by atoms with E-state index in [1.807, 2.05) is 4.90 Å². The van der Waals surface area contributed by atoms with Gasteiger partial charge in [0.15, 0.2) is 8.32 Å². The summed E-state index contributed by atoms with van der Waals surface area (Å²) in [6.45, 7) is 13.0. The normalized spacial score (nSPS) is 22.4. The lowest BCUT2D eigenvalue weighted by Gasteiger charge is -2.38. The molecule has 1 atom stereocenters. The molecule has 17 heavy (non-hydrogen) atoms. The van der Waals surface area contributed by atoms with Gasteiger partial charge in [-0.1, -0.05) is 20.8 Å². The summed E-state index contributed by atoms with van der Waals surface area (Å²) >= 11 is 0. The van der Waals surface area contributed by atoms with Crippen molar-refractivity contribution in [3.63, 3.8) is 0 Å². The number of carbonyl (C=O) groups is 1. The lowest BCUT2D eigenvalue weighted by Crippen LogP contribution is -2.44. The predicted octanol–water partition coefficient (Wildman–Crippen LogP) is 1.57. The van der Waals surface area contributed by atoms with Gasteiger partial charge in [-0.3, -0.25) is 4.79 Å². The van der Waals surface area contributed by atoms with E-state index < -0.39 is 8.32 Å². The Morgan fingerprint density at radius 3 is 2.53 bits per heavy atom. The van der Waals surface area contributed by atoms with Crippen LogP contribution in [0, 0.1) is 0 Å². The zero-order chi connectivity index (χ0) is 13.3. The fraction of sp³-hybridized carbons (Fsp3) is 0.917. The van der Waals surface area contributed by atoms with Gasteiger partial charge in [-0.05, 0) is 18.1 Å². The molecule has 1 heterocycles. The average Bonchev–Trinajstić information content (AvgIpc) is 2.44. The van der Waals surface area contributed by atoms with Crippen LogP contribution < -0.4 is 5.73 Å². The SMILES string of the molecule is CC(C)(C)[Si](C)(C)OC1CC(=O)N(CCN)C1. The number of nitrogens with zero attached hydrogens (tertiary/aromatic N) is 1. The quantitative estimate of drug-likeness (QED) is 0.779. The Kier molecular flexibility index (Phi) is 4.38. The molecule has 1 amide bonds. The molecule has 0 aliphatic carbocycles. The molecule has 0 aromatic heterocycles. The van der Waals surface area contributed by atoms with Crippen molar-refractivity contribution in [3.05, 3.63) is 0 Å². The van der Waals surface area contributed by atoms with Crippen LogP contribution >= 0.6 is 0 Å². The van der Waals surface area contributed by atoms with Gasteiger partial charge in [0.2, 0.25) is 5.91 Å². The maximum absolute atomic E-state index is 11.7. The highest BCUT2D eigenvalue weighted by Crippen LogP contribution is 2.38. The Morgan fingerprint density at radius 2 is 2.06 bits per heavy atom. The van der Waals surface area contributed by atoms with E-state index in [0.717, 1.165) is 0 Å². The molecule has 2 N–H and O–H groups in total. The summed E-state index contributed by atoms with van der Waals surface area (Å²) in [7, 11) is -1.76. The summed E-state index contributed by atoms with van der Waals surface area (Å²) in [5.41, 5.74) is 5.49. The summed E-state index contributed by atoms with van der Waals surface area (Å²) in [5.74, 6) is 0.180. The van der Waals surface area contributed by atoms with Crippen LogP contribution in [-0.2, 0) is 9.22 Å². The molecule has 5 heteroatoms. The number of hydrogen-bond donors (Lipinski definition) is 1. The van der Waals surface area contributed by atoms with Gasteiger partial charge in [-0.15, -0.1) is 0 Å². The van der Waals surface area contributed by atoms with Crippen molar-refractivity contribution in [1.82, 2.24) is 4.90 Å². The number of nitrogens with two attached hydrogens (primary N) is 1. The van der Waals surface area contributed by atoms with Crippen molar-refractivity contribution in [2.45, 2.75) is 51.4 Å². The molecule has 0 bridgehead atoms. The first-order chi connectivity index (χ1) is 7.67. The first kappa shape index (κ1) is 14.7. The molecule has 1 saturated heterocycles. The maximum Gasteiger partial charge on any atom is 0.225 e. The largest absolute Gasteiger partial charge is 0.412 e. The van der Waals surface area contributed by atoms with E-state index >= 15 is 0 Å². The van der Waals surface area contributed by atoms with Crippen LogP contribution in [-0.4, -0.2) is 44.9 Å². The Morgan fingerprint density at radius 1 is 1.47 bits per heavy atom. The fourth-order valence-electron chi connectivity index (χ4n) is 1.78. The monoisotopic (exact) mass is 258 g/mol. The first-order valence-electron chi connectivity index (χ1n) is 6.33. The minimum atomic E-state index is -1.76. The van der Waals surface area contributed by atoms with Crippen LogP contribution in [0.4, 0.5) is 0 Å². The van der Waals surface area contributed by atoms with E-state index in [-0.39, 0.29) is 17.0 Å². The molecule has 1 aliphatic rings. The summed E-state index contributed by atoms with van der Waals surface area (Å²) in [5, 5.41) is 0.192. The minimum absolute atomic E-state index is 0.0648. The second kappa shape index (κ2) is 5.08. The van der Waals surface area contributed by atoms with Crippen molar-refractivity contribution >= 4 is 14.2 Å². The van der Waals surface area contributed by atoms with Crippen LogP contribution in [0.2, 0.25) is 18.1 Å². The summed E-state index contributed by atoms with van der Waals surface area (Å²) in [6.07, 6.45) is 0.585. The molecule has 100 valence electrons. The van der Waals surface area contributed by atoms with Crippen LogP contribution in [0.15, 0.2) is 0 Å². The van der Waals surface area contributed by atoms with E-state index in [2.05, 4.69) is 33.9 Å². The van der Waals surface area contributed by atoms with Crippen molar-refractivity contribution in [2.24, 2.45) is 5.73 Å². The van der Waals surface area contributed by atoms with Crippen LogP contribution in [0.25, 0.3) is 0 Å². The van der Waals surface area contributed by atoms with E-state index in [1.54, 1.807) is 0 Å². The van der Waals surface area contributed by atoms with Gasteiger partial charge in [0.25, 0.3) is 0 Å². The van der Waals surface area contributed by atoms with Crippen molar-refractivity contribution in [2.75, 3.05) is 19.6 Å². The van der Waals surface area contributed by atoms with Gasteiger partial charge in [-0.25, -0.2) is 0 Å². The number of hydrogen-bond acceptors (Lipinski definition) is 3. The molecular weight excluding hydrogens is 232 g/mol. The number of carbonyl (C=O) groups excluding carboxylic acids is 1. The minimum Gasteiger partial charge on any atom is -0.412 e. The van der Waals surface area contributed by atoms with Crippen LogP contribution in [0.1, 0.15) is 27.2 Å². The zero-order valence-electron chi connectivity index (χ0n) is 11.7. The lowest BCUT2D eigenvalue weighted by atomic mass is 10.2. The van der Waals surface area contributed by atoms with E-state index in [9.17, 15) is 4.79 Å². The standard InChI is InChI=1S/C12H26N2O2Si/c1-12(2,3)17(4,5)16-10-8-11(15)14(9-10)7-6-13/h10H,6-9,13H2,1-5H3. The van der Waals surface area contributed by atoms with Crippen molar-refractivity contribution in [3.8, 4) is 0 Å². The Labute approximate surface area is 106 Å². The Balaban J connectivity index is 2.58. The highest BCUT2D eigenvalue weighted by molar-refractivity contribution is 6.74. The van der Waals surface area contributed by atoms with E-state index in [0.29, 0.717) is 26.1 Å². The molecule has 4 nitrogen and oxygen atoms in total. The molecule has 1 rings (SSSR count). The second-order valence-corrected chi connectivity index (χ2v) is 11.1. The molecule has 0 aromatic carbocycles. The van der Waals surface area contributed by atoms with Gasteiger partial charge in [0, 0.05) is 19.6 Å². The van der Waals surface area contributed by atoms with Gasteiger partial charge in [0.05, 0.1) is 12.5 Å². The smallest absolute Gasteiger partial charge is 0.225 e. The number of likely N-dealkylation sites (tertiary alicyclic amines) is 1. The molecule has 1 aliphatic heterocycles. The molecular formula is C12H26N2O2Si. The summed E-state index contributed by atoms with van der Waals surface area (Å²) in [6, 6.07) is 0. The van der Waals surface area contributed by atoms with Crippen molar-refractivity contribution < 1.29 is 9.22 Å². The molecule has 1 fully saturated rings. The molecule has 0 aromatic rings. The van der Waals surface area contributed by atoms with Gasteiger partial charge in [0.1, 0.15) is 0 Å². The van der Waals surface area contributed by atoms with Crippen LogP contribution in [0.5, 0.6) is 0 Å². The van der Waals surface area contributed by atoms with E-state index in [1.165, 1.54) is 0 Å². The summed E-state index contributed by atoms with van der Waals surface area (Å²) < 4.78 is 6.25. The second-order valence-electron chi connectivity index (χ2n) is 6.33. The third-order valence-corrected chi connectivity index (χ3v) is 8.38. The van der Waals surface area contributed by atoms with Gasteiger partial charge >= 0.3 is 0 Å². The number of rotatable bonds is 4. The lowest BCUT2D eigenvalue weighted by molar-refractivity contribution is -0.127. The molecule has 0 radical (unpaired) electrons. The third-order valence-electron chi connectivity index (χ3n) is 3.85. The fourth-order valence-corrected chi connectivity index (χ4v) is 3.12. The number of amides is 1. The predicted molar refractivity (Wildman–Crippen MR) is 72.3 cm³/mol. The Bertz CT molecular complexity index is 287. The molecule has 1 unspecified atom stereocenters. The van der Waals surface area contributed by atoms with Crippen LogP contribution in [0.3, 0.4) is 0 Å². The third kappa shape index (κ3) is 3.53. The molecule has 0 saturated carbocycles. The average molecular weight is 258 g/mol.